The van der Waals surface area contributed by atoms with E-state index in [-0.39, 0.29) is 11.3 Å². The number of imidazole rings is 1. The zero-order valence-corrected chi connectivity index (χ0v) is 16.9. The highest BCUT2D eigenvalue weighted by Crippen LogP contribution is 2.41. The number of amides is 1. The third kappa shape index (κ3) is 3.73. The molecule has 3 heterocycles. The minimum absolute atomic E-state index is 0.121. The third-order valence-electron chi connectivity index (χ3n) is 5.10. The number of nitrogens with zero attached hydrogens (tertiary/aromatic N) is 2. The number of nitrogens with one attached hydrogen (secondary N) is 1. The Kier molecular flexibility index (Phi) is 5.31. The number of carbonyl (C=O) groups excluding carboxylic acids is 2. The Balaban J connectivity index is 1.68. The first-order valence-electron chi connectivity index (χ1n) is 9.47. The van der Waals surface area contributed by atoms with Gasteiger partial charge in [-0.2, -0.15) is 0 Å². The summed E-state index contributed by atoms with van der Waals surface area (Å²) >= 11 is 1.48. The number of aromatic nitrogens is 2. The number of aromatic amines is 1. The van der Waals surface area contributed by atoms with E-state index in [2.05, 4.69) is 4.98 Å². The first-order valence-corrected chi connectivity index (χ1v) is 10.3. The number of rotatable bonds is 6. The van der Waals surface area contributed by atoms with Gasteiger partial charge >= 0.3 is 0 Å². The van der Waals surface area contributed by atoms with E-state index in [0.717, 1.165) is 17.0 Å². The van der Waals surface area contributed by atoms with Crippen LogP contribution >= 0.6 is 11.3 Å². The highest BCUT2D eigenvalue weighted by Gasteiger charge is 2.46. The summed E-state index contributed by atoms with van der Waals surface area (Å²) in [4.78, 5) is 31.1. The monoisotopic (exact) mass is 408 g/mol. The molecule has 3 aromatic rings. The molecule has 6 nitrogen and oxygen atoms in total. The maximum Gasteiger partial charge on any atom is 0.295 e. The van der Waals surface area contributed by atoms with Gasteiger partial charge in [-0.05, 0) is 18.4 Å². The number of thiophene rings is 1. The van der Waals surface area contributed by atoms with Crippen LogP contribution < -0.4 is 4.57 Å². The largest absolute Gasteiger partial charge is 0.507 e. The van der Waals surface area contributed by atoms with Gasteiger partial charge in [-0.1, -0.05) is 35.9 Å². The number of aliphatic hydroxyl groups excluding tert-OH is 1. The molecule has 1 unspecified atom stereocenters. The second-order valence-corrected chi connectivity index (χ2v) is 8.06. The molecule has 29 heavy (non-hydrogen) atoms. The first-order chi connectivity index (χ1) is 14.1. The molecule has 148 valence electrons. The topological polar surface area (TPSA) is 77.3 Å². The van der Waals surface area contributed by atoms with Crippen molar-refractivity contribution < 1.29 is 19.3 Å². The van der Waals surface area contributed by atoms with E-state index in [1.807, 2.05) is 59.9 Å². The lowest BCUT2D eigenvalue weighted by atomic mass is 9.99. The Bertz CT molecular complexity index is 1040. The van der Waals surface area contributed by atoms with Gasteiger partial charge in [0.1, 0.15) is 18.2 Å². The van der Waals surface area contributed by atoms with Gasteiger partial charge in [0.15, 0.2) is 0 Å². The summed E-state index contributed by atoms with van der Waals surface area (Å²) < 4.78 is 1.99. The summed E-state index contributed by atoms with van der Waals surface area (Å²) in [6, 6.07) is 10.5. The van der Waals surface area contributed by atoms with Gasteiger partial charge in [0.05, 0.1) is 18.2 Å². The van der Waals surface area contributed by atoms with Crippen LogP contribution in [0.15, 0.2) is 66.1 Å². The summed E-state index contributed by atoms with van der Waals surface area (Å²) in [7, 11) is 0. The van der Waals surface area contributed by atoms with Gasteiger partial charge in [-0.3, -0.25) is 14.6 Å². The van der Waals surface area contributed by atoms with Crippen molar-refractivity contribution in [1.82, 2.24) is 9.88 Å². The van der Waals surface area contributed by atoms with Crippen LogP contribution in [0.4, 0.5) is 0 Å². The molecule has 0 spiro atoms. The van der Waals surface area contributed by atoms with E-state index in [4.69, 9.17) is 0 Å². The highest BCUT2D eigenvalue weighted by molar-refractivity contribution is 7.10. The third-order valence-corrected chi connectivity index (χ3v) is 6.02. The molecular weight excluding hydrogens is 386 g/mol. The lowest BCUT2D eigenvalue weighted by Gasteiger charge is -2.23. The number of aryl methyl sites for hydroxylation is 2. The van der Waals surface area contributed by atoms with Crippen molar-refractivity contribution in [2.24, 2.45) is 0 Å². The number of aliphatic hydroxyl groups is 1. The molecular formula is C22H22N3O3S+. The van der Waals surface area contributed by atoms with Gasteiger partial charge in [-0.25, -0.2) is 4.57 Å². The minimum Gasteiger partial charge on any atom is -0.507 e. The Labute approximate surface area is 172 Å². The van der Waals surface area contributed by atoms with Crippen molar-refractivity contribution in [3.8, 4) is 0 Å². The van der Waals surface area contributed by atoms with E-state index in [1.165, 1.54) is 11.3 Å². The van der Waals surface area contributed by atoms with Gasteiger partial charge < -0.3 is 10.0 Å². The molecule has 0 bridgehead atoms. The summed E-state index contributed by atoms with van der Waals surface area (Å²) in [6.45, 7) is 3.11. The van der Waals surface area contributed by atoms with E-state index >= 15 is 0 Å². The predicted octanol–water partition coefficient (Wildman–Crippen LogP) is 3.18. The number of Topliss-reactive ketones (excluding diaryl/α,β-unsaturated/α-hetero) is 1. The number of ketones is 1. The summed E-state index contributed by atoms with van der Waals surface area (Å²) in [5.74, 6) is -1.31. The number of likely N-dealkylation sites (tertiary alicyclic amines) is 1. The molecule has 1 amide bonds. The molecule has 4 rings (SSSR count). The van der Waals surface area contributed by atoms with Crippen molar-refractivity contribution in [2.75, 3.05) is 6.54 Å². The fraction of sp³-hybridized carbons (Fsp3) is 0.227. The fourth-order valence-corrected chi connectivity index (χ4v) is 4.45. The van der Waals surface area contributed by atoms with E-state index in [1.54, 1.807) is 17.0 Å². The normalized spacial score (nSPS) is 18.5. The molecule has 7 heteroatoms. The average Bonchev–Trinajstić information content (AvgIpc) is 3.46. The number of carbonyl (C=O) groups is 2. The molecule has 0 aliphatic carbocycles. The highest BCUT2D eigenvalue weighted by atomic mass is 32.1. The summed E-state index contributed by atoms with van der Waals surface area (Å²) in [6.07, 6.45) is 6.30. The molecule has 1 aromatic carbocycles. The predicted molar refractivity (Wildman–Crippen MR) is 110 cm³/mol. The first kappa shape index (κ1) is 19.1. The van der Waals surface area contributed by atoms with Gasteiger partial charge in [-0.15, -0.1) is 11.3 Å². The van der Waals surface area contributed by atoms with Crippen LogP contribution in [0.25, 0.3) is 5.76 Å². The van der Waals surface area contributed by atoms with Crippen molar-refractivity contribution >= 4 is 28.8 Å². The van der Waals surface area contributed by atoms with Crippen LogP contribution in [0, 0.1) is 6.92 Å². The average molecular weight is 409 g/mol. The number of benzene rings is 1. The lowest BCUT2D eigenvalue weighted by Crippen LogP contribution is -2.35. The van der Waals surface area contributed by atoms with Crippen molar-refractivity contribution in [3.05, 3.63) is 82.1 Å². The van der Waals surface area contributed by atoms with Crippen LogP contribution in [-0.2, 0) is 16.1 Å². The van der Waals surface area contributed by atoms with Crippen molar-refractivity contribution in [1.29, 1.82) is 0 Å². The Morgan fingerprint density at radius 3 is 2.69 bits per heavy atom. The molecule has 2 N–H and O–H groups in total. The standard InChI is InChI=1S/C22H21N3O3S/c1-15-5-7-16(8-6-15)20(26)18-19(17-4-2-13-29-17)25(22(28)21(18)27)11-3-10-24-12-9-23-14-24/h2,4-9,12-14,19H,3,10-11H2,1H3,(H,26,27)/p+1. The summed E-state index contributed by atoms with van der Waals surface area (Å²) in [5, 5.41) is 12.9. The number of H-pyrrole nitrogens is 1. The SMILES string of the molecule is Cc1ccc(/C(O)=C2\C(=O)C(=O)N(CCC[n+]3cc[nH]c3)C2c2cccs2)cc1. The Morgan fingerprint density at radius 1 is 1.24 bits per heavy atom. The van der Waals surface area contributed by atoms with Gasteiger partial charge in [0.2, 0.25) is 6.33 Å². The molecule has 1 saturated heterocycles. The Hall–Kier alpha value is -3.19. The van der Waals surface area contributed by atoms with Crippen LogP contribution in [-0.4, -0.2) is 33.2 Å². The minimum atomic E-state index is -0.629. The number of hydrogen-bond donors (Lipinski definition) is 2. The molecule has 1 fully saturated rings. The van der Waals surface area contributed by atoms with Gasteiger partial charge in [0, 0.05) is 23.4 Å². The van der Waals surface area contributed by atoms with E-state index in [0.29, 0.717) is 18.5 Å². The fourth-order valence-electron chi connectivity index (χ4n) is 3.60. The quantitative estimate of drug-likeness (QED) is 0.285. The number of hydrogen-bond acceptors (Lipinski definition) is 4. The molecule has 0 saturated carbocycles. The molecule has 0 radical (unpaired) electrons. The zero-order valence-electron chi connectivity index (χ0n) is 16.0. The maximum atomic E-state index is 12.9. The Morgan fingerprint density at radius 2 is 2.03 bits per heavy atom. The molecule has 1 aliphatic rings. The summed E-state index contributed by atoms with van der Waals surface area (Å²) in [5.41, 5.74) is 1.76. The maximum absolute atomic E-state index is 12.9. The smallest absolute Gasteiger partial charge is 0.295 e. The molecule has 1 aliphatic heterocycles. The van der Waals surface area contributed by atoms with Crippen molar-refractivity contribution in [2.45, 2.75) is 25.9 Å². The molecule has 2 aromatic heterocycles. The van der Waals surface area contributed by atoms with E-state index in [9.17, 15) is 14.7 Å². The second kappa shape index (κ2) is 8.05. The van der Waals surface area contributed by atoms with Gasteiger partial charge in [0.25, 0.3) is 11.7 Å². The van der Waals surface area contributed by atoms with Crippen LogP contribution in [0.5, 0.6) is 0 Å². The van der Waals surface area contributed by atoms with Crippen LogP contribution in [0.1, 0.15) is 28.5 Å². The lowest BCUT2D eigenvalue weighted by molar-refractivity contribution is -0.695. The molecule has 1 atom stereocenters. The second-order valence-electron chi connectivity index (χ2n) is 7.08. The van der Waals surface area contributed by atoms with Crippen LogP contribution in [0.2, 0.25) is 0 Å². The van der Waals surface area contributed by atoms with Crippen molar-refractivity contribution in [3.63, 3.8) is 0 Å². The van der Waals surface area contributed by atoms with Crippen LogP contribution in [0.3, 0.4) is 0 Å². The zero-order chi connectivity index (χ0) is 20.4. The van der Waals surface area contributed by atoms with E-state index < -0.39 is 17.7 Å².